The number of rotatable bonds is 3. The Morgan fingerprint density at radius 2 is 1.85 bits per heavy atom. The van der Waals surface area contributed by atoms with Crippen LogP contribution in [0.25, 0.3) is 10.9 Å². The van der Waals surface area contributed by atoms with Gasteiger partial charge in [-0.3, -0.25) is 4.98 Å². The van der Waals surface area contributed by atoms with Gasteiger partial charge in [-0.2, -0.15) is 0 Å². The third-order valence-corrected chi connectivity index (χ3v) is 4.18. The lowest BCUT2D eigenvalue weighted by Gasteiger charge is -2.09. The Morgan fingerprint density at radius 1 is 1.05 bits per heavy atom. The summed E-state index contributed by atoms with van der Waals surface area (Å²) < 4.78 is 1.23. The van der Waals surface area contributed by atoms with E-state index in [1.807, 2.05) is 24.3 Å². The van der Waals surface area contributed by atoms with Gasteiger partial charge in [-0.25, -0.2) is 0 Å². The van der Waals surface area contributed by atoms with Crippen LogP contribution in [-0.4, -0.2) is 4.98 Å². The summed E-state index contributed by atoms with van der Waals surface area (Å²) >= 11 is 8.50. The molecule has 0 fully saturated rings. The zero-order chi connectivity index (χ0) is 13.9. The molecular weight excluding hydrogens is 383 g/mol. The van der Waals surface area contributed by atoms with Gasteiger partial charge in [0.2, 0.25) is 0 Å². The highest BCUT2D eigenvalue weighted by Gasteiger charge is 2.05. The molecule has 0 aliphatic rings. The fraction of sp³-hybridized carbons (Fsp3) is 0.0625. The minimum Gasteiger partial charge on any atom is -0.381 e. The molecule has 0 spiro atoms. The van der Waals surface area contributed by atoms with Crippen LogP contribution in [0.15, 0.2) is 54.7 Å². The van der Waals surface area contributed by atoms with Gasteiger partial charge in [0, 0.05) is 32.4 Å². The molecule has 1 N–H and O–H groups in total. The number of hydrogen-bond acceptors (Lipinski definition) is 2. The van der Waals surface area contributed by atoms with Gasteiger partial charge in [0.05, 0.1) is 5.52 Å². The smallest absolute Gasteiger partial charge is 0.0766 e. The molecule has 0 radical (unpaired) electrons. The highest BCUT2D eigenvalue weighted by Crippen LogP contribution is 2.25. The molecule has 0 saturated carbocycles. The van der Waals surface area contributed by atoms with Gasteiger partial charge in [-0.15, -0.1) is 0 Å². The summed E-state index contributed by atoms with van der Waals surface area (Å²) in [6.07, 6.45) is 1.80. The maximum absolute atomic E-state index is 6.20. The molecule has 1 aromatic heterocycles. The number of anilines is 1. The van der Waals surface area contributed by atoms with Gasteiger partial charge in [-0.1, -0.05) is 17.7 Å². The van der Waals surface area contributed by atoms with E-state index >= 15 is 0 Å². The topological polar surface area (TPSA) is 24.9 Å². The molecule has 0 unspecified atom stereocenters. The molecule has 0 aliphatic heterocycles. The number of aromatic nitrogens is 1. The standard InChI is InChI=1S/C16H12ClIN2/c17-15-8-3-11(16-14(15)2-1-9-19-16)10-20-13-6-4-12(18)5-7-13/h1-9,20H,10H2. The number of nitrogens with one attached hydrogen (secondary N) is 1. The number of nitrogens with zero attached hydrogens (tertiary/aromatic N) is 1. The van der Waals surface area contributed by atoms with Crippen LogP contribution in [0, 0.1) is 3.57 Å². The van der Waals surface area contributed by atoms with E-state index in [9.17, 15) is 0 Å². The van der Waals surface area contributed by atoms with Crippen molar-refractivity contribution in [2.24, 2.45) is 0 Å². The largest absolute Gasteiger partial charge is 0.381 e. The molecule has 0 bridgehead atoms. The van der Waals surface area contributed by atoms with Crippen LogP contribution in [-0.2, 0) is 6.54 Å². The Labute approximate surface area is 136 Å². The lowest BCUT2D eigenvalue weighted by Crippen LogP contribution is -2.01. The summed E-state index contributed by atoms with van der Waals surface area (Å²) in [6, 6.07) is 16.2. The van der Waals surface area contributed by atoms with Gasteiger partial charge < -0.3 is 5.32 Å². The second kappa shape index (κ2) is 5.97. The molecule has 3 rings (SSSR count). The van der Waals surface area contributed by atoms with Crippen molar-refractivity contribution < 1.29 is 0 Å². The Hall–Kier alpha value is -1.33. The molecule has 1 heterocycles. The van der Waals surface area contributed by atoms with Crippen LogP contribution in [0.5, 0.6) is 0 Å². The summed E-state index contributed by atoms with van der Waals surface area (Å²) in [5.41, 5.74) is 3.20. The van der Waals surface area contributed by atoms with E-state index in [0.717, 1.165) is 33.7 Å². The molecule has 2 aromatic carbocycles. The van der Waals surface area contributed by atoms with E-state index in [-0.39, 0.29) is 0 Å². The average Bonchev–Trinajstić information content (AvgIpc) is 2.49. The monoisotopic (exact) mass is 394 g/mol. The number of halogens is 2. The number of benzene rings is 2. The van der Waals surface area contributed by atoms with Crippen molar-refractivity contribution in [3.63, 3.8) is 0 Å². The molecule has 2 nitrogen and oxygen atoms in total. The van der Waals surface area contributed by atoms with E-state index in [1.165, 1.54) is 3.57 Å². The van der Waals surface area contributed by atoms with Gasteiger partial charge in [0.25, 0.3) is 0 Å². The third kappa shape index (κ3) is 2.88. The second-order valence-electron chi connectivity index (χ2n) is 4.47. The van der Waals surface area contributed by atoms with Crippen LogP contribution < -0.4 is 5.32 Å². The van der Waals surface area contributed by atoms with E-state index in [2.05, 4.69) is 57.2 Å². The first-order chi connectivity index (χ1) is 9.74. The Bertz CT molecular complexity index is 741. The summed E-state index contributed by atoms with van der Waals surface area (Å²) in [4.78, 5) is 4.44. The van der Waals surface area contributed by atoms with Gasteiger partial charge in [-0.05, 0) is 70.6 Å². The first-order valence-corrected chi connectivity index (χ1v) is 7.71. The first-order valence-electron chi connectivity index (χ1n) is 6.25. The van der Waals surface area contributed by atoms with Crippen molar-refractivity contribution in [1.82, 2.24) is 4.98 Å². The van der Waals surface area contributed by atoms with Crippen molar-refractivity contribution in [3.8, 4) is 0 Å². The molecule has 0 aliphatic carbocycles. The van der Waals surface area contributed by atoms with E-state index in [1.54, 1.807) is 6.20 Å². The highest BCUT2D eigenvalue weighted by molar-refractivity contribution is 14.1. The van der Waals surface area contributed by atoms with Gasteiger partial charge in [0.1, 0.15) is 0 Å². The first kappa shape index (κ1) is 13.6. The van der Waals surface area contributed by atoms with Crippen LogP contribution >= 0.6 is 34.2 Å². The molecule has 3 aromatic rings. The summed E-state index contributed by atoms with van der Waals surface area (Å²) in [5, 5.41) is 5.15. The van der Waals surface area contributed by atoms with Crippen LogP contribution in [0.1, 0.15) is 5.56 Å². The number of hydrogen-bond donors (Lipinski definition) is 1. The number of pyridine rings is 1. The van der Waals surface area contributed by atoms with Crippen LogP contribution in [0.3, 0.4) is 0 Å². The summed E-state index contributed by atoms with van der Waals surface area (Å²) in [5.74, 6) is 0. The molecule has 100 valence electrons. The third-order valence-electron chi connectivity index (χ3n) is 3.13. The fourth-order valence-electron chi connectivity index (χ4n) is 2.10. The Morgan fingerprint density at radius 3 is 2.65 bits per heavy atom. The quantitative estimate of drug-likeness (QED) is 0.625. The normalized spacial score (nSPS) is 10.7. The van der Waals surface area contributed by atoms with Crippen molar-refractivity contribution in [3.05, 3.63) is 68.9 Å². The minimum atomic E-state index is 0.727. The average molecular weight is 395 g/mol. The Kier molecular flexibility index (Phi) is 4.08. The summed E-state index contributed by atoms with van der Waals surface area (Å²) in [6.45, 7) is 0.727. The molecule has 0 atom stereocenters. The van der Waals surface area contributed by atoms with Crippen molar-refractivity contribution in [1.29, 1.82) is 0 Å². The van der Waals surface area contributed by atoms with Gasteiger partial charge in [0.15, 0.2) is 0 Å². The van der Waals surface area contributed by atoms with Crippen LogP contribution in [0.2, 0.25) is 5.02 Å². The van der Waals surface area contributed by atoms with E-state index in [0.29, 0.717) is 0 Å². The zero-order valence-electron chi connectivity index (χ0n) is 10.6. The summed E-state index contributed by atoms with van der Waals surface area (Å²) in [7, 11) is 0. The minimum absolute atomic E-state index is 0.727. The zero-order valence-corrected chi connectivity index (χ0v) is 13.5. The molecule has 0 amide bonds. The lowest BCUT2D eigenvalue weighted by molar-refractivity contribution is 1.15. The maximum Gasteiger partial charge on any atom is 0.0766 e. The van der Waals surface area contributed by atoms with Crippen molar-refractivity contribution in [2.45, 2.75) is 6.54 Å². The van der Waals surface area contributed by atoms with Crippen LogP contribution in [0.4, 0.5) is 5.69 Å². The molecule has 0 saturated heterocycles. The molecular formula is C16H12ClIN2. The van der Waals surface area contributed by atoms with Crippen molar-refractivity contribution >= 4 is 50.8 Å². The lowest BCUT2D eigenvalue weighted by atomic mass is 10.1. The Balaban J connectivity index is 1.88. The van der Waals surface area contributed by atoms with Crippen molar-refractivity contribution in [2.75, 3.05) is 5.32 Å². The predicted octanol–water partition coefficient (Wildman–Crippen LogP) is 5.10. The highest BCUT2D eigenvalue weighted by atomic mass is 127. The maximum atomic E-state index is 6.20. The number of fused-ring (bicyclic) bond motifs is 1. The fourth-order valence-corrected chi connectivity index (χ4v) is 2.68. The predicted molar refractivity (Wildman–Crippen MR) is 93.2 cm³/mol. The molecule has 4 heteroatoms. The molecule has 20 heavy (non-hydrogen) atoms. The van der Waals surface area contributed by atoms with Gasteiger partial charge >= 0.3 is 0 Å². The SMILES string of the molecule is Clc1ccc(CNc2ccc(I)cc2)c2ncccc12. The second-order valence-corrected chi connectivity index (χ2v) is 6.12. The van der Waals surface area contributed by atoms with E-state index in [4.69, 9.17) is 11.6 Å². The van der Waals surface area contributed by atoms with E-state index < -0.39 is 0 Å².